The summed E-state index contributed by atoms with van der Waals surface area (Å²) in [4.78, 5) is 4.30. The number of pyridine rings is 1. The molecule has 0 bridgehead atoms. The molecule has 4 heteroatoms. The largest absolute Gasteiger partial charge is 0.398 e. The van der Waals surface area contributed by atoms with Crippen LogP contribution >= 0.6 is 0 Å². The van der Waals surface area contributed by atoms with Crippen molar-refractivity contribution < 1.29 is 4.39 Å². The number of fused-ring (bicyclic) bond motifs is 1. The van der Waals surface area contributed by atoms with Crippen molar-refractivity contribution in [3.05, 3.63) is 30.2 Å². The van der Waals surface area contributed by atoms with Gasteiger partial charge in [0.2, 0.25) is 0 Å². The molecule has 3 N–H and O–H groups in total. The summed E-state index contributed by atoms with van der Waals surface area (Å²) in [6, 6.07) is 5.41. The van der Waals surface area contributed by atoms with E-state index < -0.39 is 0 Å². The van der Waals surface area contributed by atoms with Crippen molar-refractivity contribution in [2.24, 2.45) is 5.92 Å². The molecule has 0 radical (unpaired) electrons. The van der Waals surface area contributed by atoms with Crippen LogP contribution in [0.15, 0.2) is 24.4 Å². The fourth-order valence-electron chi connectivity index (χ4n) is 3.14. The highest BCUT2D eigenvalue weighted by atomic mass is 19.1. The molecule has 1 heterocycles. The SMILES string of the molecule is CC1CCCC(Nc2c(F)cc(N)c3cccnc23)C1. The number of nitrogens with two attached hydrogens (primary N) is 1. The molecule has 0 aliphatic heterocycles. The zero-order valence-corrected chi connectivity index (χ0v) is 11.7. The molecule has 1 aromatic heterocycles. The Kier molecular flexibility index (Phi) is 3.47. The van der Waals surface area contributed by atoms with Gasteiger partial charge in [-0.05, 0) is 37.0 Å². The number of benzene rings is 1. The van der Waals surface area contributed by atoms with Gasteiger partial charge >= 0.3 is 0 Å². The molecule has 3 rings (SSSR count). The minimum atomic E-state index is -0.313. The first-order valence-corrected chi connectivity index (χ1v) is 7.24. The molecule has 1 aliphatic rings. The fourth-order valence-corrected chi connectivity index (χ4v) is 3.14. The summed E-state index contributed by atoms with van der Waals surface area (Å²) in [5.74, 6) is 0.379. The molecule has 3 nitrogen and oxygen atoms in total. The average Bonchev–Trinajstić information content (AvgIpc) is 2.43. The first-order chi connectivity index (χ1) is 9.65. The molecule has 2 atom stereocenters. The zero-order chi connectivity index (χ0) is 14.1. The third-order valence-electron chi connectivity index (χ3n) is 4.16. The minimum Gasteiger partial charge on any atom is -0.398 e. The summed E-state index contributed by atoms with van der Waals surface area (Å²) in [5.41, 5.74) is 7.43. The number of halogens is 1. The first-order valence-electron chi connectivity index (χ1n) is 7.24. The quantitative estimate of drug-likeness (QED) is 0.815. The number of aromatic nitrogens is 1. The first kappa shape index (κ1) is 13.2. The van der Waals surface area contributed by atoms with Gasteiger partial charge in [0.15, 0.2) is 5.82 Å². The summed E-state index contributed by atoms with van der Waals surface area (Å²) >= 11 is 0. The Bertz CT molecular complexity index is 626. The number of hydrogen-bond donors (Lipinski definition) is 2. The van der Waals surface area contributed by atoms with Crippen LogP contribution in [0.1, 0.15) is 32.6 Å². The highest BCUT2D eigenvalue weighted by Crippen LogP contribution is 2.33. The van der Waals surface area contributed by atoms with Gasteiger partial charge in [0.05, 0.1) is 11.2 Å². The van der Waals surface area contributed by atoms with Crippen LogP contribution in [-0.2, 0) is 0 Å². The zero-order valence-electron chi connectivity index (χ0n) is 11.7. The van der Waals surface area contributed by atoms with Crippen molar-refractivity contribution >= 4 is 22.3 Å². The van der Waals surface area contributed by atoms with E-state index in [2.05, 4.69) is 17.2 Å². The Morgan fingerprint density at radius 3 is 3.05 bits per heavy atom. The molecule has 1 saturated carbocycles. The molecule has 0 amide bonds. The van der Waals surface area contributed by atoms with Crippen molar-refractivity contribution in [1.29, 1.82) is 0 Å². The Morgan fingerprint density at radius 1 is 1.40 bits per heavy atom. The maximum Gasteiger partial charge on any atom is 0.150 e. The Labute approximate surface area is 118 Å². The number of hydrogen-bond acceptors (Lipinski definition) is 3. The van der Waals surface area contributed by atoms with Gasteiger partial charge in [0, 0.05) is 23.3 Å². The summed E-state index contributed by atoms with van der Waals surface area (Å²) in [7, 11) is 0. The van der Waals surface area contributed by atoms with E-state index in [0.717, 1.165) is 18.2 Å². The number of nitrogens with one attached hydrogen (secondary N) is 1. The van der Waals surface area contributed by atoms with E-state index in [1.807, 2.05) is 12.1 Å². The second-order valence-electron chi connectivity index (χ2n) is 5.84. The van der Waals surface area contributed by atoms with Crippen molar-refractivity contribution in [1.82, 2.24) is 4.98 Å². The number of nitrogen functional groups attached to an aromatic ring is 1. The fraction of sp³-hybridized carbons (Fsp3) is 0.438. The lowest BCUT2D eigenvalue weighted by atomic mass is 9.87. The lowest BCUT2D eigenvalue weighted by Gasteiger charge is -2.28. The highest BCUT2D eigenvalue weighted by molar-refractivity contribution is 5.98. The van der Waals surface area contributed by atoms with Gasteiger partial charge < -0.3 is 11.1 Å². The Balaban J connectivity index is 1.98. The van der Waals surface area contributed by atoms with Crippen LogP contribution in [-0.4, -0.2) is 11.0 Å². The van der Waals surface area contributed by atoms with Gasteiger partial charge in [-0.3, -0.25) is 4.98 Å². The standard InChI is InChI=1S/C16H20FN3/c1-10-4-2-5-11(8-10)20-16-13(17)9-14(18)12-6-3-7-19-15(12)16/h3,6-7,9-11,20H,2,4-5,8,18H2,1H3. The molecule has 1 aliphatic carbocycles. The lowest BCUT2D eigenvalue weighted by molar-refractivity contribution is 0.358. The van der Waals surface area contributed by atoms with Crippen LogP contribution < -0.4 is 11.1 Å². The van der Waals surface area contributed by atoms with Crippen molar-refractivity contribution in [2.45, 2.75) is 38.6 Å². The van der Waals surface area contributed by atoms with Crippen LogP contribution in [0.25, 0.3) is 10.9 Å². The van der Waals surface area contributed by atoms with Crippen LogP contribution in [0.4, 0.5) is 15.8 Å². The molecule has 2 aromatic rings. The van der Waals surface area contributed by atoms with E-state index in [4.69, 9.17) is 5.73 Å². The van der Waals surface area contributed by atoms with E-state index in [9.17, 15) is 4.39 Å². The van der Waals surface area contributed by atoms with E-state index in [1.54, 1.807) is 6.20 Å². The Hall–Kier alpha value is -1.84. The molecule has 106 valence electrons. The molecular weight excluding hydrogens is 253 g/mol. The predicted octanol–water partition coefficient (Wildman–Crippen LogP) is 3.95. The number of rotatable bonds is 2. The molecular formula is C16H20FN3. The van der Waals surface area contributed by atoms with E-state index >= 15 is 0 Å². The maximum absolute atomic E-state index is 14.3. The third kappa shape index (κ3) is 2.42. The molecule has 1 aromatic carbocycles. The van der Waals surface area contributed by atoms with Gasteiger partial charge in [-0.25, -0.2) is 4.39 Å². The van der Waals surface area contributed by atoms with Crippen molar-refractivity contribution in [3.8, 4) is 0 Å². The number of nitrogens with zero attached hydrogens (tertiary/aromatic N) is 1. The molecule has 1 fully saturated rings. The minimum absolute atomic E-state index is 0.313. The van der Waals surface area contributed by atoms with Gasteiger partial charge in [0.1, 0.15) is 0 Å². The monoisotopic (exact) mass is 273 g/mol. The molecule has 0 spiro atoms. The average molecular weight is 273 g/mol. The van der Waals surface area contributed by atoms with E-state index in [1.165, 1.54) is 18.9 Å². The smallest absolute Gasteiger partial charge is 0.150 e. The topological polar surface area (TPSA) is 50.9 Å². The second-order valence-corrected chi connectivity index (χ2v) is 5.84. The van der Waals surface area contributed by atoms with Crippen LogP contribution in [0, 0.1) is 11.7 Å². The van der Waals surface area contributed by atoms with Crippen molar-refractivity contribution in [2.75, 3.05) is 11.1 Å². The van der Waals surface area contributed by atoms with Gasteiger partial charge in [-0.2, -0.15) is 0 Å². The van der Waals surface area contributed by atoms with Crippen molar-refractivity contribution in [3.63, 3.8) is 0 Å². The van der Waals surface area contributed by atoms with Crippen LogP contribution in [0.5, 0.6) is 0 Å². The second kappa shape index (κ2) is 5.27. The normalized spacial score (nSPS) is 22.9. The molecule has 2 unspecified atom stereocenters. The predicted molar refractivity (Wildman–Crippen MR) is 81.2 cm³/mol. The molecule has 0 saturated heterocycles. The summed E-state index contributed by atoms with van der Waals surface area (Å²) in [5, 5.41) is 4.16. The summed E-state index contributed by atoms with van der Waals surface area (Å²) in [6.07, 6.45) is 6.30. The van der Waals surface area contributed by atoms with Crippen LogP contribution in [0.2, 0.25) is 0 Å². The van der Waals surface area contributed by atoms with Gasteiger partial charge in [-0.1, -0.05) is 19.8 Å². The van der Waals surface area contributed by atoms with Crippen LogP contribution in [0.3, 0.4) is 0 Å². The molecule has 20 heavy (non-hydrogen) atoms. The van der Waals surface area contributed by atoms with Gasteiger partial charge in [-0.15, -0.1) is 0 Å². The van der Waals surface area contributed by atoms with E-state index in [-0.39, 0.29) is 5.82 Å². The Morgan fingerprint density at radius 2 is 2.25 bits per heavy atom. The van der Waals surface area contributed by atoms with E-state index in [0.29, 0.717) is 28.9 Å². The summed E-state index contributed by atoms with van der Waals surface area (Å²) < 4.78 is 14.3. The summed E-state index contributed by atoms with van der Waals surface area (Å²) in [6.45, 7) is 2.25. The highest BCUT2D eigenvalue weighted by Gasteiger charge is 2.21. The van der Waals surface area contributed by atoms with Gasteiger partial charge in [0.25, 0.3) is 0 Å². The number of anilines is 2. The third-order valence-corrected chi connectivity index (χ3v) is 4.16. The maximum atomic E-state index is 14.3. The lowest BCUT2D eigenvalue weighted by Crippen LogP contribution is -2.26.